The van der Waals surface area contributed by atoms with E-state index in [1.165, 1.54) is 33.4 Å². The SMILES string of the molecule is C/C(=C\CC/C(C)=C/CC[C@@]1(C)CCc2c(C)c(O[Si](C)(C)C(C)(C)C)c(C)c(C)c2O1)CCC=O. The van der Waals surface area contributed by atoms with Gasteiger partial charge in [0, 0.05) is 12.0 Å². The van der Waals surface area contributed by atoms with Crippen LogP contribution < -0.4 is 9.16 Å². The minimum absolute atomic E-state index is 0.138. The molecule has 3 nitrogen and oxygen atoms in total. The van der Waals surface area contributed by atoms with Gasteiger partial charge in [0.25, 0.3) is 8.32 Å². The number of ether oxygens (including phenoxy) is 1. The zero-order valence-corrected chi connectivity index (χ0v) is 26.1. The van der Waals surface area contributed by atoms with Gasteiger partial charge in [-0.25, -0.2) is 0 Å². The lowest BCUT2D eigenvalue weighted by Gasteiger charge is -2.41. The fourth-order valence-corrected chi connectivity index (χ4v) is 5.80. The van der Waals surface area contributed by atoms with E-state index < -0.39 is 8.32 Å². The third-order valence-electron chi connectivity index (χ3n) is 8.58. The highest BCUT2D eigenvalue weighted by Gasteiger charge is 2.41. The predicted molar refractivity (Wildman–Crippen MR) is 157 cm³/mol. The van der Waals surface area contributed by atoms with E-state index in [1.807, 2.05) is 0 Å². The molecule has 0 amide bonds. The molecule has 0 saturated heterocycles. The standard InChI is InChI=1S/C32H52O3Si/c1-23(15-12-16-24(2)18-14-22-33)17-13-20-32(9)21-19-28-27(5)29(25(3)26(4)30(28)34-32)35-36(10,11)31(6,7)8/h16-17,22H,12-15,18-21H2,1-11H3/b23-17+,24-16+/t32-/m0/s1. The molecule has 1 aromatic rings. The fraction of sp³-hybridized carbons (Fsp3) is 0.656. The number of hydrogen-bond donors (Lipinski definition) is 0. The van der Waals surface area contributed by atoms with E-state index in [9.17, 15) is 4.79 Å². The molecule has 36 heavy (non-hydrogen) atoms. The molecule has 1 atom stereocenters. The summed E-state index contributed by atoms with van der Waals surface area (Å²) in [6.07, 6.45) is 13.4. The van der Waals surface area contributed by atoms with E-state index in [1.54, 1.807) is 0 Å². The number of aldehydes is 1. The average Bonchev–Trinajstić information content (AvgIpc) is 2.78. The highest BCUT2D eigenvalue weighted by molar-refractivity contribution is 6.74. The highest BCUT2D eigenvalue weighted by atomic mass is 28.4. The molecular weight excluding hydrogens is 460 g/mol. The molecular formula is C32H52O3Si. The molecule has 1 aliphatic heterocycles. The fourth-order valence-electron chi connectivity index (χ4n) is 4.68. The van der Waals surface area contributed by atoms with E-state index >= 15 is 0 Å². The third-order valence-corrected chi connectivity index (χ3v) is 12.9. The summed E-state index contributed by atoms with van der Waals surface area (Å²) in [5.41, 5.74) is 7.69. The van der Waals surface area contributed by atoms with Crippen LogP contribution in [0.1, 0.15) is 109 Å². The van der Waals surface area contributed by atoms with Gasteiger partial charge in [-0.3, -0.25) is 0 Å². The van der Waals surface area contributed by atoms with E-state index in [-0.39, 0.29) is 10.6 Å². The monoisotopic (exact) mass is 512 g/mol. The Bertz CT molecular complexity index is 994. The summed E-state index contributed by atoms with van der Waals surface area (Å²) in [7, 11) is -1.92. The number of hydrogen-bond acceptors (Lipinski definition) is 3. The first-order valence-electron chi connectivity index (χ1n) is 13.9. The number of rotatable bonds is 11. The van der Waals surface area contributed by atoms with Crippen molar-refractivity contribution in [2.75, 3.05) is 0 Å². The van der Waals surface area contributed by atoms with Crippen molar-refractivity contribution in [1.29, 1.82) is 0 Å². The molecule has 0 fully saturated rings. The smallest absolute Gasteiger partial charge is 0.250 e. The summed E-state index contributed by atoms with van der Waals surface area (Å²) in [5, 5.41) is 0.169. The summed E-state index contributed by atoms with van der Waals surface area (Å²) in [4.78, 5) is 10.5. The lowest BCUT2D eigenvalue weighted by atomic mass is 9.85. The molecule has 0 unspecified atom stereocenters. The first kappa shape index (κ1) is 30.4. The molecule has 0 aliphatic carbocycles. The van der Waals surface area contributed by atoms with E-state index in [4.69, 9.17) is 9.16 Å². The number of allylic oxidation sites excluding steroid dienone is 4. The van der Waals surface area contributed by atoms with E-state index in [2.05, 4.69) is 87.6 Å². The van der Waals surface area contributed by atoms with Crippen molar-refractivity contribution < 1.29 is 14.0 Å². The Morgan fingerprint density at radius 1 is 0.972 bits per heavy atom. The van der Waals surface area contributed by atoms with Gasteiger partial charge in [-0.1, -0.05) is 44.1 Å². The Kier molecular flexibility index (Phi) is 10.3. The van der Waals surface area contributed by atoms with Crippen molar-refractivity contribution in [2.45, 2.75) is 137 Å². The molecule has 0 bridgehead atoms. The average molecular weight is 513 g/mol. The summed E-state index contributed by atoms with van der Waals surface area (Å²) in [5.74, 6) is 2.19. The van der Waals surface area contributed by atoms with Gasteiger partial charge >= 0.3 is 0 Å². The maximum absolute atomic E-state index is 10.5. The van der Waals surface area contributed by atoms with Crippen molar-refractivity contribution in [3.05, 3.63) is 45.6 Å². The van der Waals surface area contributed by atoms with Crippen LogP contribution in [0.2, 0.25) is 18.1 Å². The van der Waals surface area contributed by atoms with Crippen LogP contribution in [-0.2, 0) is 11.2 Å². The van der Waals surface area contributed by atoms with Crippen molar-refractivity contribution in [3.8, 4) is 11.5 Å². The second-order valence-corrected chi connectivity index (χ2v) is 17.5. The van der Waals surface area contributed by atoms with Crippen LogP contribution in [0.3, 0.4) is 0 Å². The first-order valence-corrected chi connectivity index (χ1v) is 16.8. The Morgan fingerprint density at radius 3 is 2.14 bits per heavy atom. The Hall–Kier alpha value is -1.81. The predicted octanol–water partition coefficient (Wildman–Crippen LogP) is 9.51. The Morgan fingerprint density at radius 2 is 1.56 bits per heavy atom. The van der Waals surface area contributed by atoms with Crippen LogP contribution in [0, 0.1) is 20.8 Å². The van der Waals surface area contributed by atoms with Crippen LogP contribution >= 0.6 is 0 Å². The zero-order chi connectivity index (χ0) is 27.3. The second kappa shape index (κ2) is 12.2. The third kappa shape index (κ3) is 7.60. The topological polar surface area (TPSA) is 35.5 Å². The lowest BCUT2D eigenvalue weighted by molar-refractivity contribution is -0.107. The van der Waals surface area contributed by atoms with Crippen LogP contribution in [0.4, 0.5) is 0 Å². The van der Waals surface area contributed by atoms with Gasteiger partial charge in [-0.05, 0) is 121 Å². The molecule has 202 valence electrons. The minimum Gasteiger partial charge on any atom is -0.543 e. The molecule has 0 aromatic heterocycles. The Balaban J connectivity index is 2.09. The van der Waals surface area contributed by atoms with E-state index in [0.29, 0.717) is 6.42 Å². The second-order valence-electron chi connectivity index (χ2n) is 12.8. The normalized spacial score (nSPS) is 19.1. The Labute approximate surface area is 222 Å². The van der Waals surface area contributed by atoms with Crippen molar-refractivity contribution in [1.82, 2.24) is 0 Å². The number of carbonyl (C=O) groups is 1. The first-order chi connectivity index (χ1) is 16.6. The van der Waals surface area contributed by atoms with Gasteiger partial charge < -0.3 is 14.0 Å². The molecule has 0 radical (unpaired) electrons. The summed E-state index contributed by atoms with van der Waals surface area (Å²) < 4.78 is 13.6. The molecule has 1 aliphatic rings. The van der Waals surface area contributed by atoms with Crippen LogP contribution in [-0.4, -0.2) is 20.2 Å². The molecule has 0 N–H and O–H groups in total. The van der Waals surface area contributed by atoms with Crippen molar-refractivity contribution >= 4 is 14.6 Å². The van der Waals surface area contributed by atoms with Crippen LogP contribution in [0.15, 0.2) is 23.3 Å². The summed E-state index contributed by atoms with van der Waals surface area (Å²) in [6, 6.07) is 0. The van der Waals surface area contributed by atoms with Gasteiger partial charge in [0.1, 0.15) is 23.4 Å². The summed E-state index contributed by atoms with van der Waals surface area (Å²) in [6.45, 7) is 24.8. The van der Waals surface area contributed by atoms with Crippen LogP contribution in [0.5, 0.6) is 11.5 Å². The largest absolute Gasteiger partial charge is 0.543 e. The molecule has 0 saturated carbocycles. The van der Waals surface area contributed by atoms with Gasteiger partial charge in [0.2, 0.25) is 0 Å². The number of fused-ring (bicyclic) bond motifs is 1. The molecule has 4 heteroatoms. The van der Waals surface area contributed by atoms with Gasteiger partial charge in [-0.15, -0.1) is 0 Å². The number of carbonyl (C=O) groups excluding carboxylic acids is 1. The highest BCUT2D eigenvalue weighted by Crippen LogP contribution is 2.47. The molecule has 1 aromatic carbocycles. The van der Waals surface area contributed by atoms with Gasteiger partial charge in [0.05, 0.1) is 0 Å². The van der Waals surface area contributed by atoms with Crippen molar-refractivity contribution in [3.63, 3.8) is 0 Å². The maximum Gasteiger partial charge on any atom is 0.250 e. The van der Waals surface area contributed by atoms with Gasteiger partial charge in [-0.2, -0.15) is 0 Å². The molecule has 0 spiro atoms. The quantitative estimate of drug-likeness (QED) is 0.168. The van der Waals surface area contributed by atoms with Gasteiger partial charge in [0.15, 0.2) is 0 Å². The minimum atomic E-state index is -1.92. The zero-order valence-electron chi connectivity index (χ0n) is 25.1. The number of benzene rings is 1. The lowest BCUT2D eigenvalue weighted by Crippen LogP contribution is -2.44. The van der Waals surface area contributed by atoms with Crippen LogP contribution in [0.25, 0.3) is 0 Å². The van der Waals surface area contributed by atoms with Crippen molar-refractivity contribution in [2.24, 2.45) is 0 Å². The summed E-state index contributed by atoms with van der Waals surface area (Å²) >= 11 is 0. The molecule has 1 heterocycles. The van der Waals surface area contributed by atoms with E-state index in [0.717, 1.165) is 62.7 Å². The molecule has 2 rings (SSSR count). The maximum atomic E-state index is 10.5.